The number of halogens is 1. The van der Waals surface area contributed by atoms with E-state index in [0.29, 0.717) is 12.1 Å². The monoisotopic (exact) mass is 321 g/mol. The summed E-state index contributed by atoms with van der Waals surface area (Å²) in [6.07, 6.45) is 0.870. The van der Waals surface area contributed by atoms with Crippen LogP contribution in [-0.4, -0.2) is 18.1 Å². The molecule has 1 aliphatic heterocycles. The molecular formula is C20H20FN3. The van der Waals surface area contributed by atoms with E-state index in [1.807, 2.05) is 37.3 Å². The first kappa shape index (κ1) is 15.1. The summed E-state index contributed by atoms with van der Waals surface area (Å²) in [6.45, 7) is 3.46. The number of rotatable bonds is 2. The first-order valence-electron chi connectivity index (χ1n) is 8.22. The minimum atomic E-state index is -0.377. The van der Waals surface area contributed by atoms with Crippen molar-refractivity contribution >= 4 is 16.6 Å². The van der Waals surface area contributed by atoms with Gasteiger partial charge in [-0.1, -0.05) is 42.5 Å². The summed E-state index contributed by atoms with van der Waals surface area (Å²) >= 11 is 0. The van der Waals surface area contributed by atoms with Crippen LogP contribution in [0.15, 0.2) is 54.6 Å². The van der Waals surface area contributed by atoms with E-state index in [9.17, 15) is 4.39 Å². The maximum atomic E-state index is 14.1. The van der Waals surface area contributed by atoms with Crippen LogP contribution in [0.5, 0.6) is 0 Å². The molecule has 1 fully saturated rings. The van der Waals surface area contributed by atoms with Crippen molar-refractivity contribution in [2.45, 2.75) is 18.9 Å². The molecule has 2 heterocycles. The van der Waals surface area contributed by atoms with Crippen LogP contribution in [0.25, 0.3) is 10.9 Å². The van der Waals surface area contributed by atoms with Crippen LogP contribution in [0, 0.1) is 12.7 Å². The van der Waals surface area contributed by atoms with Crippen molar-refractivity contribution in [2.75, 3.05) is 18.0 Å². The van der Waals surface area contributed by atoms with Crippen LogP contribution in [0.1, 0.15) is 17.7 Å². The van der Waals surface area contributed by atoms with Gasteiger partial charge in [0, 0.05) is 29.9 Å². The van der Waals surface area contributed by atoms with Crippen LogP contribution < -0.4 is 10.6 Å². The fourth-order valence-electron chi connectivity index (χ4n) is 3.63. The van der Waals surface area contributed by atoms with Gasteiger partial charge in [-0.2, -0.15) is 0 Å². The molecule has 1 aromatic heterocycles. The molecule has 2 N–H and O–H groups in total. The van der Waals surface area contributed by atoms with Crippen LogP contribution in [-0.2, 0) is 5.54 Å². The Kier molecular flexibility index (Phi) is 3.50. The molecule has 4 heteroatoms. The minimum Gasteiger partial charge on any atom is -0.369 e. The van der Waals surface area contributed by atoms with Crippen molar-refractivity contribution in [3.63, 3.8) is 0 Å². The summed E-state index contributed by atoms with van der Waals surface area (Å²) in [7, 11) is 0. The molecule has 3 aromatic rings. The molecule has 1 saturated heterocycles. The van der Waals surface area contributed by atoms with Gasteiger partial charge in [-0.15, -0.1) is 0 Å². The molecule has 1 unspecified atom stereocenters. The number of nitrogens with two attached hydrogens (primary N) is 1. The molecule has 2 aromatic carbocycles. The fourth-order valence-corrected chi connectivity index (χ4v) is 3.63. The minimum absolute atomic E-state index is 0.279. The lowest BCUT2D eigenvalue weighted by atomic mass is 9.90. The number of aromatic nitrogens is 1. The lowest BCUT2D eigenvalue weighted by Crippen LogP contribution is -2.39. The lowest BCUT2D eigenvalue weighted by Gasteiger charge is -2.27. The summed E-state index contributed by atoms with van der Waals surface area (Å²) < 4.78 is 14.1. The normalized spacial score (nSPS) is 20.7. The molecule has 0 spiro atoms. The standard InChI is InChI=1S/C20H20FN3/c1-14-12-18(16-8-5-9-17(21)19(16)23-14)24-11-10-20(22,13-24)15-6-3-2-4-7-15/h2-9,12H,10-11,13,22H2,1H3. The molecule has 1 aliphatic rings. The van der Waals surface area contributed by atoms with E-state index in [1.165, 1.54) is 6.07 Å². The highest BCUT2D eigenvalue weighted by Crippen LogP contribution is 2.36. The Bertz CT molecular complexity index is 894. The number of hydrogen-bond acceptors (Lipinski definition) is 3. The van der Waals surface area contributed by atoms with Gasteiger partial charge in [-0.3, -0.25) is 0 Å². The number of aryl methyl sites for hydroxylation is 1. The number of fused-ring (bicyclic) bond motifs is 1. The Labute approximate surface area is 140 Å². The number of nitrogens with zero attached hydrogens (tertiary/aromatic N) is 2. The van der Waals surface area contributed by atoms with E-state index in [4.69, 9.17) is 5.73 Å². The van der Waals surface area contributed by atoms with E-state index >= 15 is 0 Å². The van der Waals surface area contributed by atoms with Gasteiger partial charge in [0.25, 0.3) is 0 Å². The average Bonchev–Trinajstić information content (AvgIpc) is 2.99. The molecule has 1 atom stereocenters. The molecule has 0 bridgehead atoms. The van der Waals surface area contributed by atoms with Gasteiger partial charge < -0.3 is 10.6 Å². The highest BCUT2D eigenvalue weighted by molar-refractivity contribution is 5.92. The van der Waals surface area contributed by atoms with Crippen molar-refractivity contribution in [1.29, 1.82) is 0 Å². The van der Waals surface area contributed by atoms with Crippen molar-refractivity contribution in [3.8, 4) is 0 Å². The zero-order valence-electron chi connectivity index (χ0n) is 13.7. The van der Waals surface area contributed by atoms with E-state index in [0.717, 1.165) is 35.3 Å². The van der Waals surface area contributed by atoms with Crippen molar-refractivity contribution < 1.29 is 4.39 Å². The van der Waals surface area contributed by atoms with Gasteiger partial charge in [-0.25, -0.2) is 9.37 Å². The number of benzene rings is 2. The Hall–Kier alpha value is -2.46. The third kappa shape index (κ3) is 2.43. The Morgan fingerprint density at radius 3 is 2.71 bits per heavy atom. The number of anilines is 1. The van der Waals surface area contributed by atoms with Crippen LogP contribution in [0.2, 0.25) is 0 Å². The quantitative estimate of drug-likeness (QED) is 0.782. The summed E-state index contributed by atoms with van der Waals surface area (Å²) in [5, 5.41) is 0.845. The SMILES string of the molecule is Cc1cc(N2CCC(N)(c3ccccc3)C2)c2cccc(F)c2n1. The first-order valence-corrected chi connectivity index (χ1v) is 8.22. The maximum Gasteiger partial charge on any atom is 0.149 e. The van der Waals surface area contributed by atoms with Gasteiger partial charge in [0.05, 0.1) is 5.54 Å². The summed E-state index contributed by atoms with van der Waals surface area (Å²) in [6, 6.07) is 17.4. The van der Waals surface area contributed by atoms with Crippen LogP contribution in [0.4, 0.5) is 10.1 Å². The topological polar surface area (TPSA) is 42.1 Å². The van der Waals surface area contributed by atoms with Crippen LogP contribution >= 0.6 is 0 Å². The van der Waals surface area contributed by atoms with Crippen LogP contribution in [0.3, 0.4) is 0 Å². The Morgan fingerprint density at radius 1 is 1.12 bits per heavy atom. The molecule has 0 radical (unpaired) electrons. The number of pyridine rings is 1. The maximum absolute atomic E-state index is 14.1. The zero-order valence-corrected chi connectivity index (χ0v) is 13.7. The van der Waals surface area contributed by atoms with Gasteiger partial charge in [0.2, 0.25) is 0 Å². The zero-order chi connectivity index (χ0) is 16.7. The molecule has 122 valence electrons. The van der Waals surface area contributed by atoms with Crippen molar-refractivity contribution in [1.82, 2.24) is 4.98 Å². The second-order valence-electron chi connectivity index (χ2n) is 6.61. The van der Waals surface area contributed by atoms with E-state index < -0.39 is 0 Å². The Morgan fingerprint density at radius 2 is 1.92 bits per heavy atom. The third-order valence-electron chi connectivity index (χ3n) is 4.89. The second kappa shape index (κ2) is 5.56. The smallest absolute Gasteiger partial charge is 0.149 e. The van der Waals surface area contributed by atoms with Crippen molar-refractivity contribution in [2.24, 2.45) is 5.73 Å². The predicted molar refractivity (Wildman–Crippen MR) is 95.6 cm³/mol. The number of hydrogen-bond donors (Lipinski definition) is 1. The Balaban J connectivity index is 1.76. The predicted octanol–water partition coefficient (Wildman–Crippen LogP) is 3.75. The molecule has 0 aliphatic carbocycles. The van der Waals surface area contributed by atoms with Crippen molar-refractivity contribution in [3.05, 3.63) is 71.7 Å². The fraction of sp³-hybridized carbons (Fsp3) is 0.250. The summed E-state index contributed by atoms with van der Waals surface area (Å²) in [4.78, 5) is 6.62. The molecule has 4 rings (SSSR count). The highest BCUT2D eigenvalue weighted by atomic mass is 19.1. The van der Waals surface area contributed by atoms with Gasteiger partial charge in [0.1, 0.15) is 11.3 Å². The average molecular weight is 321 g/mol. The van der Waals surface area contributed by atoms with E-state index in [-0.39, 0.29) is 11.4 Å². The summed E-state index contributed by atoms with van der Waals surface area (Å²) in [5.74, 6) is -0.279. The summed E-state index contributed by atoms with van der Waals surface area (Å²) in [5.41, 5.74) is 9.72. The molecule has 24 heavy (non-hydrogen) atoms. The number of para-hydroxylation sites is 1. The van der Waals surface area contributed by atoms with Gasteiger partial charge in [0.15, 0.2) is 0 Å². The first-order chi connectivity index (χ1) is 11.6. The highest BCUT2D eigenvalue weighted by Gasteiger charge is 2.36. The van der Waals surface area contributed by atoms with Gasteiger partial charge >= 0.3 is 0 Å². The van der Waals surface area contributed by atoms with Gasteiger partial charge in [-0.05, 0) is 31.0 Å². The largest absolute Gasteiger partial charge is 0.369 e. The van der Waals surface area contributed by atoms with E-state index in [1.54, 1.807) is 6.07 Å². The second-order valence-corrected chi connectivity index (χ2v) is 6.61. The lowest BCUT2D eigenvalue weighted by molar-refractivity contribution is 0.499. The van der Waals surface area contributed by atoms with E-state index in [2.05, 4.69) is 22.0 Å². The molecular weight excluding hydrogens is 301 g/mol. The third-order valence-corrected chi connectivity index (χ3v) is 4.89. The molecule has 0 amide bonds. The molecule has 3 nitrogen and oxygen atoms in total. The molecule has 0 saturated carbocycles.